The van der Waals surface area contributed by atoms with Gasteiger partial charge in [0.2, 0.25) is 0 Å². The molecular weight excluding hydrogens is 386 g/mol. The Hall–Kier alpha value is -3.66. The van der Waals surface area contributed by atoms with Crippen LogP contribution in [0.25, 0.3) is 0 Å². The van der Waals surface area contributed by atoms with E-state index in [1.807, 2.05) is 6.07 Å². The number of ether oxygens (including phenoxy) is 3. The Bertz CT molecular complexity index is 914. The number of methoxy groups -OCH3 is 2. The minimum atomic E-state index is -1.98. The van der Waals surface area contributed by atoms with Gasteiger partial charge >= 0.3 is 5.97 Å². The van der Waals surface area contributed by atoms with Gasteiger partial charge in [0.05, 0.1) is 38.0 Å². The Morgan fingerprint density at radius 3 is 1.67 bits per heavy atom. The molecule has 7 nitrogen and oxygen atoms in total. The van der Waals surface area contributed by atoms with Crippen molar-refractivity contribution in [2.75, 3.05) is 20.8 Å². The Labute approximate surface area is 175 Å². The number of para-hydroxylation sites is 2. The smallest absolute Gasteiger partial charge is 0.327 e. The average Bonchev–Trinajstić information content (AvgIpc) is 2.78. The van der Waals surface area contributed by atoms with Crippen LogP contribution in [-0.4, -0.2) is 38.4 Å². The molecule has 7 heteroatoms. The highest BCUT2D eigenvalue weighted by atomic mass is 16.5. The molecule has 0 unspecified atom stereocenters. The summed E-state index contributed by atoms with van der Waals surface area (Å²) in [4.78, 5) is 38.7. The number of carbonyl (C=O) groups is 3. The van der Waals surface area contributed by atoms with Crippen LogP contribution in [0.3, 0.4) is 0 Å². The Kier molecular flexibility index (Phi) is 7.70. The van der Waals surface area contributed by atoms with Gasteiger partial charge in [-0.1, -0.05) is 24.3 Å². The van der Waals surface area contributed by atoms with E-state index < -0.39 is 35.8 Å². The van der Waals surface area contributed by atoms with Crippen LogP contribution in [-0.2, 0) is 9.53 Å². The first-order chi connectivity index (χ1) is 14.4. The number of carbonyl (C=O) groups excluding carboxylic acids is 3. The predicted molar refractivity (Wildman–Crippen MR) is 109 cm³/mol. The van der Waals surface area contributed by atoms with Crippen LogP contribution < -0.4 is 9.47 Å². The van der Waals surface area contributed by atoms with Crippen LogP contribution >= 0.6 is 0 Å². The number of esters is 1. The number of rotatable bonds is 10. The summed E-state index contributed by atoms with van der Waals surface area (Å²) in [5.41, 5.74) is -1.55. The van der Waals surface area contributed by atoms with Gasteiger partial charge in [-0.05, 0) is 31.2 Å². The van der Waals surface area contributed by atoms with Gasteiger partial charge in [-0.3, -0.25) is 14.4 Å². The molecule has 0 spiro atoms. The van der Waals surface area contributed by atoms with Gasteiger partial charge in [-0.25, -0.2) is 0 Å². The third-order valence-electron chi connectivity index (χ3n) is 4.62. The van der Waals surface area contributed by atoms with Crippen LogP contribution in [0.1, 0.15) is 40.5 Å². The maximum Gasteiger partial charge on any atom is 0.327 e. The summed E-state index contributed by atoms with van der Waals surface area (Å²) in [6.45, 7) is 1.60. The zero-order chi connectivity index (χ0) is 22.1. The fourth-order valence-electron chi connectivity index (χ4n) is 3.09. The number of nitriles is 1. The fraction of sp³-hybridized carbons (Fsp3) is 0.304. The SMILES string of the molecule is CCOC(=O)C(C#N)(CC(=O)c1ccccc1OC)CC(=O)c1ccccc1OC. The molecule has 2 rings (SSSR count). The van der Waals surface area contributed by atoms with E-state index in [0.29, 0.717) is 11.5 Å². The lowest BCUT2D eigenvalue weighted by molar-refractivity contribution is -0.151. The summed E-state index contributed by atoms with van der Waals surface area (Å²) in [7, 11) is 2.83. The minimum Gasteiger partial charge on any atom is -0.496 e. The minimum absolute atomic E-state index is 0.00790. The largest absolute Gasteiger partial charge is 0.496 e. The Morgan fingerprint density at radius 2 is 1.30 bits per heavy atom. The molecule has 2 aromatic rings. The van der Waals surface area contributed by atoms with Crippen LogP contribution in [0, 0.1) is 16.7 Å². The summed E-state index contributed by atoms with van der Waals surface area (Å²) in [6, 6.07) is 14.9. The van der Waals surface area contributed by atoms with Crippen molar-refractivity contribution >= 4 is 17.5 Å². The lowest BCUT2D eigenvalue weighted by atomic mass is 9.77. The van der Waals surface area contributed by atoms with Crippen molar-refractivity contribution in [1.82, 2.24) is 0 Å². The van der Waals surface area contributed by atoms with Crippen molar-refractivity contribution in [2.24, 2.45) is 5.41 Å². The van der Waals surface area contributed by atoms with Gasteiger partial charge in [-0.2, -0.15) is 5.26 Å². The molecule has 0 radical (unpaired) electrons. The molecule has 0 atom stereocenters. The number of ketones is 2. The van der Waals surface area contributed by atoms with Crippen LogP contribution in [0.5, 0.6) is 11.5 Å². The second-order valence-electron chi connectivity index (χ2n) is 6.51. The van der Waals surface area contributed by atoms with Crippen molar-refractivity contribution in [2.45, 2.75) is 19.8 Å². The van der Waals surface area contributed by atoms with E-state index in [0.717, 1.165) is 0 Å². The molecule has 0 bridgehead atoms. The molecule has 156 valence electrons. The van der Waals surface area contributed by atoms with Crippen LogP contribution in [0.15, 0.2) is 48.5 Å². The average molecular weight is 409 g/mol. The molecule has 0 amide bonds. The third kappa shape index (κ3) is 4.84. The van der Waals surface area contributed by atoms with Crippen molar-refractivity contribution in [3.05, 3.63) is 59.7 Å². The molecule has 0 N–H and O–H groups in total. The summed E-state index contributed by atoms with van der Waals surface area (Å²) < 4.78 is 15.5. The molecule has 0 heterocycles. The van der Waals surface area contributed by atoms with Crippen molar-refractivity contribution in [1.29, 1.82) is 5.26 Å². The van der Waals surface area contributed by atoms with Gasteiger partial charge < -0.3 is 14.2 Å². The topological polar surface area (TPSA) is 103 Å². The number of hydrogen-bond acceptors (Lipinski definition) is 7. The standard InChI is InChI=1S/C23H23NO6/c1-4-30-22(27)23(15-24,13-18(25)16-9-5-7-11-20(16)28-2)14-19(26)17-10-6-8-12-21(17)29-3/h5-12H,4,13-14H2,1-3H3. The van der Waals surface area contributed by atoms with Gasteiger partial charge in [0, 0.05) is 12.8 Å². The second-order valence-corrected chi connectivity index (χ2v) is 6.51. The van der Waals surface area contributed by atoms with Gasteiger partial charge in [0.1, 0.15) is 11.5 Å². The molecule has 0 saturated heterocycles. The molecule has 0 fully saturated rings. The highest BCUT2D eigenvalue weighted by molar-refractivity contribution is 6.06. The number of hydrogen-bond donors (Lipinski definition) is 0. The van der Waals surface area contributed by atoms with E-state index >= 15 is 0 Å². The first-order valence-electron chi connectivity index (χ1n) is 9.33. The zero-order valence-corrected chi connectivity index (χ0v) is 17.1. The van der Waals surface area contributed by atoms with Gasteiger partial charge in [0.25, 0.3) is 0 Å². The lowest BCUT2D eigenvalue weighted by Gasteiger charge is -2.23. The first kappa shape index (κ1) is 22.6. The lowest BCUT2D eigenvalue weighted by Crippen LogP contribution is -2.36. The van der Waals surface area contributed by atoms with Crippen LogP contribution in [0.4, 0.5) is 0 Å². The quantitative estimate of drug-likeness (QED) is 0.436. The Balaban J connectivity index is 2.43. The normalized spacial score (nSPS) is 10.6. The predicted octanol–water partition coefficient (Wildman–Crippen LogP) is 3.62. The summed E-state index contributed by atoms with van der Waals surface area (Å²) >= 11 is 0. The van der Waals surface area contributed by atoms with Crippen molar-refractivity contribution < 1.29 is 28.6 Å². The summed E-state index contributed by atoms with van der Waals surface area (Å²) in [5.74, 6) is -1.30. The van der Waals surface area contributed by atoms with E-state index in [4.69, 9.17) is 14.2 Å². The molecule has 0 saturated carbocycles. The zero-order valence-electron chi connectivity index (χ0n) is 17.1. The van der Waals surface area contributed by atoms with E-state index in [-0.39, 0.29) is 17.7 Å². The molecule has 0 aliphatic rings. The maximum absolute atomic E-state index is 13.0. The monoisotopic (exact) mass is 409 g/mol. The highest BCUT2D eigenvalue weighted by Gasteiger charge is 2.45. The molecule has 0 aliphatic carbocycles. The molecule has 2 aromatic carbocycles. The third-order valence-corrected chi connectivity index (χ3v) is 4.62. The number of Topliss-reactive ketones (excluding diaryl/α,β-unsaturated/α-hetero) is 2. The highest BCUT2D eigenvalue weighted by Crippen LogP contribution is 2.34. The van der Waals surface area contributed by atoms with E-state index in [2.05, 4.69) is 0 Å². The summed E-state index contributed by atoms with van der Waals surface area (Å²) in [5, 5.41) is 9.90. The number of nitrogens with zero attached hydrogens (tertiary/aromatic N) is 1. The van der Waals surface area contributed by atoms with E-state index in [9.17, 15) is 19.6 Å². The number of benzene rings is 2. The molecule has 30 heavy (non-hydrogen) atoms. The second kappa shape index (κ2) is 10.2. The molecule has 0 aromatic heterocycles. The fourth-order valence-corrected chi connectivity index (χ4v) is 3.09. The van der Waals surface area contributed by atoms with E-state index in [1.165, 1.54) is 26.4 Å². The first-order valence-corrected chi connectivity index (χ1v) is 9.33. The van der Waals surface area contributed by atoms with E-state index in [1.54, 1.807) is 43.3 Å². The van der Waals surface area contributed by atoms with Gasteiger partial charge in [-0.15, -0.1) is 0 Å². The molecule has 0 aliphatic heterocycles. The van der Waals surface area contributed by atoms with Gasteiger partial charge in [0.15, 0.2) is 17.0 Å². The van der Waals surface area contributed by atoms with Crippen LogP contribution in [0.2, 0.25) is 0 Å². The molecular formula is C23H23NO6. The Morgan fingerprint density at radius 1 is 0.867 bits per heavy atom. The van der Waals surface area contributed by atoms with Crippen molar-refractivity contribution in [3.8, 4) is 17.6 Å². The maximum atomic E-state index is 13.0. The summed E-state index contributed by atoms with van der Waals surface area (Å²) in [6.07, 6.45) is -1.05. The van der Waals surface area contributed by atoms with Crippen molar-refractivity contribution in [3.63, 3.8) is 0 Å².